The number of methoxy groups -OCH3 is 1. The summed E-state index contributed by atoms with van der Waals surface area (Å²) in [7, 11) is 1.53. The summed E-state index contributed by atoms with van der Waals surface area (Å²) in [6.07, 6.45) is 0.745. The maximum Gasteiger partial charge on any atom is 0.160 e. The van der Waals surface area contributed by atoms with E-state index in [0.717, 1.165) is 18.5 Å². The lowest BCUT2D eigenvalue weighted by Gasteiger charge is -2.07. The number of hydrogen-bond donors (Lipinski definition) is 3. The summed E-state index contributed by atoms with van der Waals surface area (Å²) >= 11 is 0. The van der Waals surface area contributed by atoms with Crippen LogP contribution in [0, 0.1) is 0 Å². The van der Waals surface area contributed by atoms with Crippen LogP contribution in [0.3, 0.4) is 0 Å². The number of rotatable bonds is 6. The molecule has 0 aliphatic carbocycles. The van der Waals surface area contributed by atoms with Gasteiger partial charge in [-0.25, -0.2) is 0 Å². The fraction of sp³-hybridized carbons (Fsp3) is 0.455. The summed E-state index contributed by atoms with van der Waals surface area (Å²) in [4.78, 5) is 0. The minimum Gasteiger partial charge on any atom is -0.504 e. The third kappa shape index (κ3) is 3.77. The molecule has 0 unspecified atom stereocenters. The zero-order chi connectivity index (χ0) is 11.1. The van der Waals surface area contributed by atoms with Crippen LogP contribution in [-0.2, 0) is 6.54 Å². The third-order valence-corrected chi connectivity index (χ3v) is 2.08. The highest BCUT2D eigenvalue weighted by Crippen LogP contribution is 2.25. The van der Waals surface area contributed by atoms with E-state index in [4.69, 9.17) is 9.84 Å². The molecule has 0 spiro atoms. The van der Waals surface area contributed by atoms with E-state index in [2.05, 4.69) is 5.32 Å². The first-order valence-corrected chi connectivity index (χ1v) is 4.95. The molecule has 84 valence electrons. The normalized spacial score (nSPS) is 10.3. The van der Waals surface area contributed by atoms with Crippen molar-refractivity contribution in [3.8, 4) is 11.5 Å². The van der Waals surface area contributed by atoms with Crippen LogP contribution < -0.4 is 10.1 Å². The summed E-state index contributed by atoms with van der Waals surface area (Å²) in [6.45, 7) is 1.68. The summed E-state index contributed by atoms with van der Waals surface area (Å²) in [5.41, 5.74) is 1.04. The van der Waals surface area contributed by atoms with Crippen molar-refractivity contribution in [1.29, 1.82) is 0 Å². The fourth-order valence-corrected chi connectivity index (χ4v) is 1.27. The molecule has 0 heterocycles. The van der Waals surface area contributed by atoms with Crippen molar-refractivity contribution in [3.63, 3.8) is 0 Å². The summed E-state index contributed by atoms with van der Waals surface area (Å²) in [5.74, 6) is 0.632. The van der Waals surface area contributed by atoms with Gasteiger partial charge in [-0.3, -0.25) is 0 Å². The van der Waals surface area contributed by atoms with E-state index < -0.39 is 0 Å². The predicted octanol–water partition coefficient (Wildman–Crippen LogP) is 0.873. The van der Waals surface area contributed by atoms with E-state index in [1.54, 1.807) is 12.1 Å². The monoisotopic (exact) mass is 211 g/mol. The lowest BCUT2D eigenvalue weighted by molar-refractivity contribution is 0.286. The van der Waals surface area contributed by atoms with Crippen molar-refractivity contribution in [3.05, 3.63) is 23.8 Å². The molecule has 4 heteroatoms. The maximum atomic E-state index is 9.37. The molecule has 3 N–H and O–H groups in total. The van der Waals surface area contributed by atoms with Gasteiger partial charge in [-0.1, -0.05) is 6.07 Å². The Balaban J connectivity index is 2.47. The lowest BCUT2D eigenvalue weighted by Crippen LogP contribution is -2.15. The van der Waals surface area contributed by atoms with Crippen molar-refractivity contribution in [2.45, 2.75) is 13.0 Å². The van der Waals surface area contributed by atoms with Crippen LogP contribution in [-0.4, -0.2) is 30.5 Å². The van der Waals surface area contributed by atoms with E-state index in [0.29, 0.717) is 12.3 Å². The van der Waals surface area contributed by atoms with E-state index in [1.165, 1.54) is 7.11 Å². The number of ether oxygens (including phenoxy) is 1. The molecule has 1 aromatic carbocycles. The molecule has 1 aromatic rings. The van der Waals surface area contributed by atoms with Gasteiger partial charge in [0, 0.05) is 13.2 Å². The number of phenols is 1. The van der Waals surface area contributed by atoms with Crippen molar-refractivity contribution in [2.24, 2.45) is 0 Å². The molecular weight excluding hydrogens is 194 g/mol. The standard InChI is InChI=1S/C11H17NO3/c1-15-11-7-9(3-4-10(11)14)8-12-5-2-6-13/h3-4,7,12-14H,2,5-6,8H2,1H3. The Labute approximate surface area is 89.5 Å². The number of benzene rings is 1. The number of aliphatic hydroxyl groups excluding tert-OH is 1. The molecule has 0 aliphatic rings. The van der Waals surface area contributed by atoms with Gasteiger partial charge in [-0.15, -0.1) is 0 Å². The average Bonchev–Trinajstić information content (AvgIpc) is 2.26. The first-order chi connectivity index (χ1) is 7.27. The second-order valence-corrected chi connectivity index (χ2v) is 3.26. The van der Waals surface area contributed by atoms with Crippen LogP contribution in [0.2, 0.25) is 0 Å². The number of phenolic OH excluding ortho intramolecular Hbond substituents is 1. The number of nitrogens with one attached hydrogen (secondary N) is 1. The van der Waals surface area contributed by atoms with Crippen LogP contribution in [0.1, 0.15) is 12.0 Å². The van der Waals surface area contributed by atoms with Gasteiger partial charge in [0.2, 0.25) is 0 Å². The van der Waals surface area contributed by atoms with Crippen molar-refractivity contribution in [1.82, 2.24) is 5.32 Å². The predicted molar refractivity (Wildman–Crippen MR) is 58.1 cm³/mol. The zero-order valence-electron chi connectivity index (χ0n) is 8.86. The highest BCUT2D eigenvalue weighted by molar-refractivity contribution is 5.41. The summed E-state index contributed by atoms with van der Waals surface area (Å²) < 4.78 is 5.00. The van der Waals surface area contributed by atoms with Gasteiger partial charge in [-0.05, 0) is 30.7 Å². The molecule has 4 nitrogen and oxygen atoms in total. The van der Waals surface area contributed by atoms with E-state index in [9.17, 15) is 5.11 Å². The Morgan fingerprint density at radius 3 is 2.87 bits per heavy atom. The van der Waals surface area contributed by atoms with Gasteiger partial charge >= 0.3 is 0 Å². The second-order valence-electron chi connectivity index (χ2n) is 3.26. The Morgan fingerprint density at radius 2 is 2.20 bits per heavy atom. The van der Waals surface area contributed by atoms with Gasteiger partial charge < -0.3 is 20.3 Å². The molecular formula is C11H17NO3. The molecule has 0 saturated heterocycles. The van der Waals surface area contributed by atoms with E-state index >= 15 is 0 Å². The van der Waals surface area contributed by atoms with Gasteiger partial charge in [0.25, 0.3) is 0 Å². The molecule has 0 aromatic heterocycles. The lowest BCUT2D eigenvalue weighted by atomic mass is 10.2. The van der Waals surface area contributed by atoms with Gasteiger partial charge in [0.15, 0.2) is 11.5 Å². The average molecular weight is 211 g/mol. The number of hydrogen-bond acceptors (Lipinski definition) is 4. The van der Waals surface area contributed by atoms with E-state index in [-0.39, 0.29) is 12.4 Å². The Bertz CT molecular complexity index is 302. The first-order valence-electron chi connectivity index (χ1n) is 4.95. The highest BCUT2D eigenvalue weighted by Gasteiger charge is 2.01. The molecule has 0 amide bonds. The molecule has 0 saturated carbocycles. The van der Waals surface area contributed by atoms with Crippen LogP contribution in [0.5, 0.6) is 11.5 Å². The third-order valence-electron chi connectivity index (χ3n) is 2.08. The quantitative estimate of drug-likeness (QED) is 0.611. The smallest absolute Gasteiger partial charge is 0.160 e. The van der Waals surface area contributed by atoms with E-state index in [1.807, 2.05) is 6.07 Å². The molecule has 15 heavy (non-hydrogen) atoms. The molecule has 0 atom stereocenters. The van der Waals surface area contributed by atoms with Crippen LogP contribution >= 0.6 is 0 Å². The van der Waals surface area contributed by atoms with Crippen LogP contribution in [0.25, 0.3) is 0 Å². The minimum absolute atomic E-state index is 0.150. The van der Waals surface area contributed by atoms with Crippen LogP contribution in [0.4, 0.5) is 0 Å². The minimum atomic E-state index is 0.150. The molecule has 0 fully saturated rings. The van der Waals surface area contributed by atoms with Crippen molar-refractivity contribution < 1.29 is 14.9 Å². The summed E-state index contributed by atoms with van der Waals surface area (Å²) in [6, 6.07) is 5.24. The Morgan fingerprint density at radius 1 is 1.40 bits per heavy atom. The fourth-order valence-electron chi connectivity index (χ4n) is 1.27. The van der Waals surface area contributed by atoms with Gasteiger partial charge in [0.1, 0.15) is 0 Å². The maximum absolute atomic E-state index is 9.37. The zero-order valence-corrected chi connectivity index (χ0v) is 8.86. The largest absolute Gasteiger partial charge is 0.504 e. The molecule has 0 radical (unpaired) electrons. The van der Waals surface area contributed by atoms with Crippen LogP contribution in [0.15, 0.2) is 18.2 Å². The molecule has 0 bridgehead atoms. The number of aliphatic hydroxyl groups is 1. The van der Waals surface area contributed by atoms with Crippen molar-refractivity contribution >= 4 is 0 Å². The Hall–Kier alpha value is -1.26. The van der Waals surface area contributed by atoms with Crippen molar-refractivity contribution in [2.75, 3.05) is 20.3 Å². The van der Waals surface area contributed by atoms with Gasteiger partial charge in [-0.2, -0.15) is 0 Å². The molecule has 0 aliphatic heterocycles. The number of aromatic hydroxyl groups is 1. The SMILES string of the molecule is COc1cc(CNCCCO)ccc1O. The topological polar surface area (TPSA) is 61.7 Å². The summed E-state index contributed by atoms with van der Waals surface area (Å²) in [5, 5.41) is 21.1. The molecule has 1 rings (SSSR count). The van der Waals surface area contributed by atoms with Gasteiger partial charge in [0.05, 0.1) is 7.11 Å². The highest BCUT2D eigenvalue weighted by atomic mass is 16.5. The Kier molecular flexibility index (Phi) is 4.93. The first kappa shape index (κ1) is 11.8. The second kappa shape index (κ2) is 6.27.